The molecular formula is C15H16N4O3. The summed E-state index contributed by atoms with van der Waals surface area (Å²) < 4.78 is 0. The minimum Gasteiger partial charge on any atom is -0.361 e. The van der Waals surface area contributed by atoms with Crippen LogP contribution in [-0.4, -0.2) is 47.4 Å². The molecule has 7 nitrogen and oxygen atoms in total. The molecule has 1 aromatic heterocycles. The maximum atomic E-state index is 12.0. The molecular weight excluding hydrogens is 284 g/mol. The fourth-order valence-corrected chi connectivity index (χ4v) is 2.50. The van der Waals surface area contributed by atoms with Gasteiger partial charge in [0.2, 0.25) is 11.8 Å². The Hall–Kier alpha value is -2.83. The Kier molecular flexibility index (Phi) is 3.78. The van der Waals surface area contributed by atoms with Crippen molar-refractivity contribution in [2.45, 2.75) is 6.42 Å². The number of carbonyl (C=O) groups excluding carboxylic acids is 3. The summed E-state index contributed by atoms with van der Waals surface area (Å²) in [5.74, 6) is -0.410. The van der Waals surface area contributed by atoms with E-state index in [2.05, 4.69) is 15.6 Å². The van der Waals surface area contributed by atoms with Gasteiger partial charge in [-0.1, -0.05) is 18.2 Å². The quantitative estimate of drug-likeness (QED) is 0.697. The number of hydrogen-bond acceptors (Lipinski definition) is 3. The van der Waals surface area contributed by atoms with Crippen LogP contribution in [-0.2, 0) is 16.0 Å². The predicted octanol–water partition coefficient (Wildman–Crippen LogP) is 0.378. The molecule has 1 saturated heterocycles. The first-order valence-electron chi connectivity index (χ1n) is 7.05. The first-order chi connectivity index (χ1) is 10.6. The van der Waals surface area contributed by atoms with Crippen molar-refractivity contribution < 1.29 is 14.4 Å². The van der Waals surface area contributed by atoms with Gasteiger partial charge in [-0.3, -0.25) is 14.5 Å². The topological polar surface area (TPSA) is 94.3 Å². The third-order valence-electron chi connectivity index (χ3n) is 3.62. The van der Waals surface area contributed by atoms with Gasteiger partial charge < -0.3 is 15.6 Å². The lowest BCUT2D eigenvalue weighted by Gasteiger charge is -2.12. The standard InChI is InChI=1S/C15H16N4O3/c20-13(16-5-6-19-14(21)9-18-15(19)22)7-10-8-17-12-4-2-1-3-11(10)12/h1-4,8,17H,5-7,9H2,(H,16,20)(H,18,22). The van der Waals surface area contributed by atoms with Crippen molar-refractivity contribution in [3.05, 3.63) is 36.0 Å². The number of benzene rings is 1. The highest BCUT2D eigenvalue weighted by Crippen LogP contribution is 2.17. The Morgan fingerprint density at radius 2 is 2.09 bits per heavy atom. The molecule has 3 N–H and O–H groups in total. The Balaban J connectivity index is 1.52. The number of rotatable bonds is 5. The average Bonchev–Trinajstić information content (AvgIpc) is 3.05. The molecule has 0 atom stereocenters. The Labute approximate surface area is 126 Å². The first-order valence-corrected chi connectivity index (χ1v) is 7.05. The van der Waals surface area contributed by atoms with Crippen LogP contribution in [0.4, 0.5) is 4.79 Å². The number of nitrogens with one attached hydrogen (secondary N) is 3. The van der Waals surface area contributed by atoms with Crippen LogP contribution in [0.25, 0.3) is 10.9 Å². The van der Waals surface area contributed by atoms with Crippen LogP contribution in [0.5, 0.6) is 0 Å². The highest BCUT2D eigenvalue weighted by Gasteiger charge is 2.27. The number of aromatic nitrogens is 1. The lowest BCUT2D eigenvalue weighted by atomic mass is 10.1. The lowest BCUT2D eigenvalue weighted by Crippen LogP contribution is -2.39. The molecule has 0 aliphatic carbocycles. The van der Waals surface area contributed by atoms with E-state index in [1.807, 2.05) is 30.5 Å². The summed E-state index contributed by atoms with van der Waals surface area (Å²) in [5, 5.41) is 6.18. The predicted molar refractivity (Wildman–Crippen MR) is 80.1 cm³/mol. The zero-order valence-electron chi connectivity index (χ0n) is 11.9. The highest BCUT2D eigenvalue weighted by molar-refractivity contribution is 6.02. The van der Waals surface area contributed by atoms with Crippen molar-refractivity contribution in [1.82, 2.24) is 20.5 Å². The van der Waals surface area contributed by atoms with Crippen LogP contribution < -0.4 is 10.6 Å². The number of hydrogen-bond donors (Lipinski definition) is 3. The van der Waals surface area contributed by atoms with Gasteiger partial charge >= 0.3 is 6.03 Å². The van der Waals surface area contributed by atoms with E-state index in [4.69, 9.17) is 0 Å². The van der Waals surface area contributed by atoms with Gasteiger partial charge in [-0.15, -0.1) is 0 Å². The van der Waals surface area contributed by atoms with Gasteiger partial charge in [0, 0.05) is 30.2 Å². The molecule has 114 valence electrons. The van der Waals surface area contributed by atoms with Crippen molar-refractivity contribution >= 4 is 28.7 Å². The minimum absolute atomic E-state index is 0.0299. The molecule has 1 aliphatic heterocycles. The average molecular weight is 300 g/mol. The second-order valence-corrected chi connectivity index (χ2v) is 5.09. The molecule has 1 aliphatic rings. The normalized spacial score (nSPS) is 14.5. The smallest absolute Gasteiger partial charge is 0.324 e. The van der Waals surface area contributed by atoms with Crippen LogP contribution in [0.1, 0.15) is 5.56 Å². The number of carbonyl (C=O) groups is 3. The number of aromatic amines is 1. The van der Waals surface area contributed by atoms with E-state index in [0.29, 0.717) is 0 Å². The van der Waals surface area contributed by atoms with Crippen molar-refractivity contribution in [1.29, 1.82) is 0 Å². The molecule has 0 unspecified atom stereocenters. The summed E-state index contributed by atoms with van der Waals surface area (Å²) in [4.78, 5) is 38.9. The molecule has 22 heavy (non-hydrogen) atoms. The lowest BCUT2D eigenvalue weighted by molar-refractivity contribution is -0.125. The molecule has 0 radical (unpaired) electrons. The zero-order chi connectivity index (χ0) is 15.5. The molecule has 1 aromatic carbocycles. The summed E-state index contributed by atoms with van der Waals surface area (Å²) in [6.45, 7) is 0.465. The molecule has 4 amide bonds. The van der Waals surface area contributed by atoms with E-state index >= 15 is 0 Å². The van der Waals surface area contributed by atoms with E-state index < -0.39 is 6.03 Å². The van der Waals surface area contributed by atoms with Crippen LogP contribution >= 0.6 is 0 Å². The summed E-state index contributed by atoms with van der Waals surface area (Å²) in [5.41, 5.74) is 1.91. The molecule has 1 fully saturated rings. The van der Waals surface area contributed by atoms with Gasteiger partial charge in [-0.25, -0.2) is 4.79 Å². The van der Waals surface area contributed by atoms with Gasteiger partial charge in [-0.2, -0.15) is 0 Å². The van der Waals surface area contributed by atoms with Crippen molar-refractivity contribution in [2.75, 3.05) is 19.6 Å². The fourth-order valence-electron chi connectivity index (χ4n) is 2.50. The van der Waals surface area contributed by atoms with E-state index in [9.17, 15) is 14.4 Å². The van der Waals surface area contributed by atoms with Crippen LogP contribution in [0, 0.1) is 0 Å². The summed E-state index contributed by atoms with van der Waals surface area (Å²) in [6, 6.07) is 7.36. The molecule has 0 bridgehead atoms. The maximum absolute atomic E-state index is 12.0. The Bertz CT molecular complexity index is 721. The third kappa shape index (κ3) is 2.78. The Morgan fingerprint density at radius 1 is 1.27 bits per heavy atom. The number of nitrogens with zero attached hydrogens (tertiary/aromatic N) is 1. The van der Waals surface area contributed by atoms with Gasteiger partial charge in [0.05, 0.1) is 13.0 Å². The fraction of sp³-hybridized carbons (Fsp3) is 0.267. The summed E-state index contributed by atoms with van der Waals surface area (Å²) >= 11 is 0. The maximum Gasteiger partial charge on any atom is 0.324 e. The van der Waals surface area contributed by atoms with Crippen molar-refractivity contribution in [2.24, 2.45) is 0 Å². The van der Waals surface area contributed by atoms with E-state index in [-0.39, 0.29) is 37.9 Å². The number of imide groups is 1. The SMILES string of the molecule is O=C(Cc1c[nH]c2ccccc12)NCCN1C(=O)CNC1=O. The van der Waals surface area contributed by atoms with Crippen LogP contribution in [0.3, 0.4) is 0 Å². The van der Waals surface area contributed by atoms with Gasteiger partial charge in [0.25, 0.3) is 0 Å². The Morgan fingerprint density at radius 3 is 2.86 bits per heavy atom. The van der Waals surface area contributed by atoms with E-state index in [1.165, 1.54) is 0 Å². The first kappa shape index (κ1) is 14.1. The molecule has 7 heteroatoms. The number of amides is 4. The molecule has 3 rings (SSSR count). The minimum atomic E-state index is -0.407. The third-order valence-corrected chi connectivity index (χ3v) is 3.62. The zero-order valence-corrected chi connectivity index (χ0v) is 11.9. The number of urea groups is 1. The molecule has 2 heterocycles. The molecule has 0 spiro atoms. The van der Waals surface area contributed by atoms with Crippen LogP contribution in [0.2, 0.25) is 0 Å². The van der Waals surface area contributed by atoms with Gasteiger partial charge in [0.15, 0.2) is 0 Å². The summed E-state index contributed by atoms with van der Waals surface area (Å²) in [6.07, 6.45) is 2.08. The monoisotopic (exact) mass is 300 g/mol. The van der Waals surface area contributed by atoms with Crippen LogP contribution in [0.15, 0.2) is 30.5 Å². The van der Waals surface area contributed by atoms with Crippen molar-refractivity contribution in [3.63, 3.8) is 0 Å². The van der Waals surface area contributed by atoms with Crippen molar-refractivity contribution in [3.8, 4) is 0 Å². The van der Waals surface area contributed by atoms with Gasteiger partial charge in [-0.05, 0) is 11.6 Å². The second-order valence-electron chi connectivity index (χ2n) is 5.09. The number of para-hydroxylation sites is 1. The van der Waals surface area contributed by atoms with E-state index in [1.54, 1.807) is 0 Å². The number of H-pyrrole nitrogens is 1. The van der Waals surface area contributed by atoms with E-state index in [0.717, 1.165) is 21.4 Å². The van der Waals surface area contributed by atoms with Gasteiger partial charge in [0.1, 0.15) is 0 Å². The summed E-state index contributed by atoms with van der Waals surface area (Å²) in [7, 11) is 0. The largest absolute Gasteiger partial charge is 0.361 e. The molecule has 0 saturated carbocycles. The highest BCUT2D eigenvalue weighted by atomic mass is 16.2. The molecule has 2 aromatic rings. The second kappa shape index (κ2) is 5.88. The number of fused-ring (bicyclic) bond motifs is 1.